The van der Waals surface area contributed by atoms with Crippen LogP contribution in [0.3, 0.4) is 0 Å². The molecule has 0 bridgehead atoms. The molecule has 0 radical (unpaired) electrons. The van der Waals surface area contributed by atoms with E-state index in [4.69, 9.17) is 0 Å². The van der Waals surface area contributed by atoms with Crippen molar-refractivity contribution in [2.75, 3.05) is 0 Å². The smallest absolute Gasteiger partial charge is 0.232 e. The SMILES string of the molecule is Cc1ccc(SC2C(C)(C)N(C(C)C)P2(=O)N(C(C)C)C(C)C)cc1. The van der Waals surface area contributed by atoms with E-state index < -0.39 is 7.44 Å². The maximum atomic E-state index is 14.5. The number of rotatable bonds is 6. The Morgan fingerprint density at radius 3 is 1.92 bits per heavy atom. The second-order valence-electron chi connectivity index (χ2n) is 8.53. The Morgan fingerprint density at radius 1 is 1.04 bits per heavy atom. The van der Waals surface area contributed by atoms with Crippen molar-refractivity contribution in [3.63, 3.8) is 0 Å². The average molecular weight is 383 g/mol. The van der Waals surface area contributed by atoms with Crippen LogP contribution in [-0.4, -0.2) is 38.0 Å². The average Bonchev–Trinajstić information content (AvgIpc) is 2.44. The Bertz CT molecular complexity index is 615. The summed E-state index contributed by atoms with van der Waals surface area (Å²) in [6, 6.07) is 9.37. The number of thioether (sulfide) groups is 1. The number of aryl methyl sites for hydroxylation is 1. The van der Waals surface area contributed by atoms with Crippen LogP contribution in [0.15, 0.2) is 29.2 Å². The van der Waals surface area contributed by atoms with Crippen LogP contribution < -0.4 is 0 Å². The van der Waals surface area contributed by atoms with E-state index in [1.165, 1.54) is 10.5 Å². The summed E-state index contributed by atoms with van der Waals surface area (Å²) in [6.07, 6.45) is 0. The minimum atomic E-state index is -2.66. The molecule has 2 unspecified atom stereocenters. The van der Waals surface area contributed by atoms with Gasteiger partial charge < -0.3 is 0 Å². The lowest BCUT2D eigenvalue weighted by Gasteiger charge is -2.65. The van der Waals surface area contributed by atoms with E-state index >= 15 is 0 Å². The third kappa shape index (κ3) is 3.60. The van der Waals surface area contributed by atoms with Crippen molar-refractivity contribution >= 4 is 19.2 Å². The van der Waals surface area contributed by atoms with Gasteiger partial charge in [-0.05, 0) is 74.4 Å². The highest BCUT2D eigenvalue weighted by atomic mass is 32.2. The molecule has 0 amide bonds. The van der Waals surface area contributed by atoms with Gasteiger partial charge in [0.1, 0.15) is 4.99 Å². The predicted octanol–water partition coefficient (Wildman–Crippen LogP) is 6.23. The highest BCUT2D eigenvalue weighted by molar-refractivity contribution is 8.06. The van der Waals surface area contributed by atoms with Gasteiger partial charge in [0.2, 0.25) is 7.44 Å². The van der Waals surface area contributed by atoms with E-state index in [2.05, 4.69) is 95.9 Å². The van der Waals surface area contributed by atoms with Gasteiger partial charge in [0.05, 0.1) is 0 Å². The predicted molar refractivity (Wildman–Crippen MR) is 112 cm³/mol. The van der Waals surface area contributed by atoms with Gasteiger partial charge in [-0.1, -0.05) is 17.7 Å². The minimum absolute atomic E-state index is 0.0786. The van der Waals surface area contributed by atoms with Crippen LogP contribution in [0, 0.1) is 6.92 Å². The molecule has 0 spiro atoms. The zero-order chi connectivity index (χ0) is 19.2. The molecule has 0 aliphatic carbocycles. The summed E-state index contributed by atoms with van der Waals surface area (Å²) < 4.78 is 19.0. The van der Waals surface area contributed by atoms with Crippen molar-refractivity contribution in [2.45, 2.75) is 95.9 Å². The number of hydrogen-bond acceptors (Lipinski definition) is 2. The van der Waals surface area contributed by atoms with Crippen molar-refractivity contribution in [3.05, 3.63) is 29.8 Å². The molecule has 142 valence electrons. The fourth-order valence-electron chi connectivity index (χ4n) is 4.40. The molecule has 1 heterocycles. The van der Waals surface area contributed by atoms with Crippen LogP contribution in [0.2, 0.25) is 0 Å². The van der Waals surface area contributed by atoms with Crippen molar-refractivity contribution < 1.29 is 4.57 Å². The fraction of sp³-hybridized carbons (Fsp3) is 0.700. The van der Waals surface area contributed by atoms with Crippen molar-refractivity contribution in [1.82, 2.24) is 9.34 Å². The summed E-state index contributed by atoms with van der Waals surface area (Å²) in [6.45, 7) is 19.6. The molecular weight excluding hydrogens is 347 g/mol. The molecule has 2 rings (SSSR count). The van der Waals surface area contributed by atoms with Crippen LogP contribution in [0.5, 0.6) is 0 Å². The molecule has 3 nitrogen and oxygen atoms in total. The van der Waals surface area contributed by atoms with Crippen molar-refractivity contribution in [3.8, 4) is 0 Å². The summed E-state index contributed by atoms with van der Waals surface area (Å²) in [5, 5.41) is 0. The molecule has 1 fully saturated rings. The summed E-state index contributed by atoms with van der Waals surface area (Å²) in [5.74, 6) is 0. The Kier molecular flexibility index (Phi) is 6.21. The molecule has 0 aromatic heterocycles. The van der Waals surface area contributed by atoms with Crippen molar-refractivity contribution in [1.29, 1.82) is 0 Å². The first-order chi connectivity index (χ1) is 11.4. The number of nitrogens with zero attached hydrogens (tertiary/aromatic N) is 2. The Balaban J connectivity index is 2.47. The van der Waals surface area contributed by atoms with E-state index in [1.807, 2.05) is 0 Å². The van der Waals surface area contributed by atoms with E-state index in [0.29, 0.717) is 0 Å². The summed E-state index contributed by atoms with van der Waals surface area (Å²) in [5.41, 5.74) is 1.16. The van der Waals surface area contributed by atoms with Gasteiger partial charge in [-0.15, -0.1) is 11.8 Å². The maximum Gasteiger partial charge on any atom is 0.232 e. The molecule has 5 heteroatoms. The Labute approximate surface area is 159 Å². The molecule has 1 aromatic carbocycles. The number of hydrogen-bond donors (Lipinski definition) is 0. The molecule has 0 saturated carbocycles. The van der Waals surface area contributed by atoms with E-state index in [1.54, 1.807) is 11.8 Å². The third-order valence-corrected chi connectivity index (χ3v) is 11.9. The Hall–Kier alpha value is -0.280. The molecule has 2 atom stereocenters. The quantitative estimate of drug-likeness (QED) is 0.544. The molecule has 1 aromatic rings. The first-order valence-electron chi connectivity index (χ1n) is 9.35. The highest BCUT2D eigenvalue weighted by Crippen LogP contribution is 2.77. The van der Waals surface area contributed by atoms with Gasteiger partial charge in [0.25, 0.3) is 0 Å². The fourth-order valence-corrected chi connectivity index (χ4v) is 11.3. The first-order valence-corrected chi connectivity index (χ1v) is 11.9. The third-order valence-electron chi connectivity index (χ3n) is 4.96. The van der Waals surface area contributed by atoms with Crippen LogP contribution >= 0.6 is 19.2 Å². The van der Waals surface area contributed by atoms with E-state index in [0.717, 1.165) is 0 Å². The van der Waals surface area contributed by atoms with Crippen molar-refractivity contribution in [2.24, 2.45) is 0 Å². The molecule has 0 N–H and O–H groups in total. The van der Waals surface area contributed by atoms with Gasteiger partial charge in [0.15, 0.2) is 0 Å². The second-order valence-corrected chi connectivity index (χ2v) is 12.6. The first kappa shape index (κ1) is 21.0. The zero-order valence-corrected chi connectivity index (χ0v) is 19.0. The molecule has 25 heavy (non-hydrogen) atoms. The normalized spacial score (nSPS) is 26.7. The highest BCUT2D eigenvalue weighted by Gasteiger charge is 2.67. The van der Waals surface area contributed by atoms with Crippen LogP contribution in [0.25, 0.3) is 0 Å². The summed E-state index contributed by atoms with van der Waals surface area (Å²) in [7, 11) is -2.66. The maximum absolute atomic E-state index is 14.5. The van der Waals surface area contributed by atoms with Gasteiger partial charge in [-0.25, -0.2) is 9.34 Å². The largest absolute Gasteiger partial charge is 0.287 e. The lowest BCUT2D eigenvalue weighted by Crippen LogP contribution is -2.67. The topological polar surface area (TPSA) is 23.6 Å². The Morgan fingerprint density at radius 2 is 1.52 bits per heavy atom. The van der Waals surface area contributed by atoms with Gasteiger partial charge in [0, 0.05) is 28.6 Å². The molecule has 1 aliphatic rings. The molecular formula is C20H35N2OPS. The van der Waals surface area contributed by atoms with Gasteiger partial charge in [-0.2, -0.15) is 0 Å². The summed E-state index contributed by atoms with van der Waals surface area (Å²) >= 11 is 1.79. The summed E-state index contributed by atoms with van der Waals surface area (Å²) in [4.78, 5) is 1.29. The zero-order valence-electron chi connectivity index (χ0n) is 17.3. The molecule has 1 aliphatic heterocycles. The second kappa shape index (κ2) is 7.38. The van der Waals surface area contributed by atoms with Gasteiger partial charge >= 0.3 is 0 Å². The minimum Gasteiger partial charge on any atom is -0.287 e. The van der Waals surface area contributed by atoms with Crippen LogP contribution in [-0.2, 0) is 4.57 Å². The lowest BCUT2D eigenvalue weighted by molar-refractivity contribution is 0.113. The standard InChI is InChI=1S/C20H35N2OPS/c1-14(2)21(15(3)4)24(23)19(20(8,9)22(24)16(5)6)25-18-12-10-17(7)11-13-18/h10-16,19H,1-9H3. The monoisotopic (exact) mass is 382 g/mol. The number of benzene rings is 1. The van der Waals surface area contributed by atoms with Gasteiger partial charge in [-0.3, -0.25) is 4.57 Å². The van der Waals surface area contributed by atoms with Crippen LogP contribution in [0.1, 0.15) is 61.0 Å². The van der Waals surface area contributed by atoms with E-state index in [9.17, 15) is 4.57 Å². The van der Waals surface area contributed by atoms with E-state index in [-0.39, 0.29) is 28.7 Å². The molecule has 1 saturated heterocycles. The lowest BCUT2D eigenvalue weighted by atomic mass is 10.1. The van der Waals surface area contributed by atoms with Crippen LogP contribution in [0.4, 0.5) is 0 Å².